The minimum atomic E-state index is -1.00. The van der Waals surface area contributed by atoms with Gasteiger partial charge in [0.25, 0.3) is 0 Å². The molecule has 1 aromatic carbocycles. The van der Waals surface area contributed by atoms with Crippen LogP contribution in [0.3, 0.4) is 0 Å². The highest BCUT2D eigenvalue weighted by molar-refractivity contribution is 5.85. The molecule has 21 heavy (non-hydrogen) atoms. The molecule has 0 heterocycles. The monoisotopic (exact) mass is 292 g/mol. The Bertz CT molecular complexity index is 488. The Balaban J connectivity index is 2.58. The minimum absolute atomic E-state index is 0.151. The smallest absolute Gasteiger partial charge is 0.305 e. The number of amides is 2. The van der Waals surface area contributed by atoms with Crippen LogP contribution in [0, 0.1) is 0 Å². The fourth-order valence-electron chi connectivity index (χ4n) is 1.85. The van der Waals surface area contributed by atoms with Crippen LogP contribution < -0.4 is 10.6 Å². The van der Waals surface area contributed by atoms with Crippen molar-refractivity contribution < 1.29 is 19.5 Å². The summed E-state index contributed by atoms with van der Waals surface area (Å²) in [4.78, 5) is 34.0. The summed E-state index contributed by atoms with van der Waals surface area (Å²) in [6, 6.07) is 8.26. The van der Waals surface area contributed by atoms with E-state index in [2.05, 4.69) is 10.6 Å². The van der Waals surface area contributed by atoms with Crippen LogP contribution in [0.2, 0.25) is 0 Å². The number of nitrogens with one attached hydrogen (secondary N) is 2. The van der Waals surface area contributed by atoms with Crippen LogP contribution in [0.4, 0.5) is 0 Å². The van der Waals surface area contributed by atoms with Crippen LogP contribution in [0.25, 0.3) is 0 Å². The molecule has 0 aliphatic carbocycles. The molecule has 1 aromatic rings. The first-order chi connectivity index (χ1) is 10.0. The van der Waals surface area contributed by atoms with Crippen LogP contribution >= 0.6 is 0 Å². The van der Waals surface area contributed by atoms with Gasteiger partial charge in [-0.25, -0.2) is 0 Å². The van der Waals surface area contributed by atoms with E-state index in [1.54, 1.807) is 24.3 Å². The molecule has 2 amide bonds. The van der Waals surface area contributed by atoms with Crippen LogP contribution in [-0.4, -0.2) is 29.4 Å². The average molecular weight is 292 g/mol. The molecular weight excluding hydrogens is 272 g/mol. The van der Waals surface area contributed by atoms with Crippen LogP contribution in [-0.2, 0) is 14.4 Å². The van der Waals surface area contributed by atoms with Gasteiger partial charge in [0.05, 0.1) is 19.0 Å². The molecular formula is C15H20N2O4. The Hall–Kier alpha value is -2.37. The van der Waals surface area contributed by atoms with E-state index in [-0.39, 0.29) is 18.9 Å². The Morgan fingerprint density at radius 2 is 1.81 bits per heavy atom. The summed E-state index contributed by atoms with van der Waals surface area (Å²) in [5, 5.41) is 14.0. The molecule has 114 valence electrons. The van der Waals surface area contributed by atoms with E-state index in [4.69, 9.17) is 5.11 Å². The standard InChI is InChI=1S/C15H20N2O4/c1-2-6-13(18)16-10-14(19)17-12(9-15(20)21)11-7-4-3-5-8-11/h3-5,7-8,12H,2,6,9-10H2,1H3,(H,16,18)(H,17,19)(H,20,21). The highest BCUT2D eigenvalue weighted by atomic mass is 16.4. The van der Waals surface area contributed by atoms with E-state index >= 15 is 0 Å². The minimum Gasteiger partial charge on any atom is -0.481 e. The van der Waals surface area contributed by atoms with Gasteiger partial charge >= 0.3 is 5.97 Å². The SMILES string of the molecule is CCCC(=O)NCC(=O)NC(CC(=O)O)c1ccccc1. The maximum absolute atomic E-state index is 11.8. The Morgan fingerprint density at radius 1 is 1.14 bits per heavy atom. The van der Waals surface area contributed by atoms with Gasteiger partial charge in [-0.2, -0.15) is 0 Å². The van der Waals surface area contributed by atoms with Gasteiger partial charge in [-0.15, -0.1) is 0 Å². The lowest BCUT2D eigenvalue weighted by Gasteiger charge is -2.17. The molecule has 0 aliphatic rings. The van der Waals surface area contributed by atoms with Gasteiger partial charge in [0, 0.05) is 6.42 Å². The van der Waals surface area contributed by atoms with Crippen molar-refractivity contribution in [3.63, 3.8) is 0 Å². The van der Waals surface area contributed by atoms with Gasteiger partial charge in [-0.05, 0) is 12.0 Å². The van der Waals surface area contributed by atoms with E-state index in [0.29, 0.717) is 18.4 Å². The summed E-state index contributed by atoms with van der Waals surface area (Å²) in [6.45, 7) is 1.72. The van der Waals surface area contributed by atoms with Crippen molar-refractivity contribution in [3.8, 4) is 0 Å². The Morgan fingerprint density at radius 3 is 2.38 bits per heavy atom. The van der Waals surface area contributed by atoms with Gasteiger partial charge in [0.15, 0.2) is 0 Å². The molecule has 0 aliphatic heterocycles. The molecule has 6 nitrogen and oxygen atoms in total. The molecule has 0 aromatic heterocycles. The summed E-state index contributed by atoms with van der Waals surface area (Å²) < 4.78 is 0. The summed E-state index contributed by atoms with van der Waals surface area (Å²) in [5.74, 6) is -1.60. The van der Waals surface area contributed by atoms with Crippen molar-refractivity contribution in [2.24, 2.45) is 0 Å². The number of rotatable bonds is 8. The van der Waals surface area contributed by atoms with Crippen molar-refractivity contribution in [2.45, 2.75) is 32.2 Å². The molecule has 0 saturated heterocycles. The molecule has 0 saturated carbocycles. The fourth-order valence-corrected chi connectivity index (χ4v) is 1.85. The maximum Gasteiger partial charge on any atom is 0.305 e. The topological polar surface area (TPSA) is 95.5 Å². The lowest BCUT2D eigenvalue weighted by atomic mass is 10.0. The van der Waals surface area contributed by atoms with E-state index in [9.17, 15) is 14.4 Å². The molecule has 0 spiro atoms. The quantitative estimate of drug-likeness (QED) is 0.671. The first kappa shape index (κ1) is 16.7. The number of benzene rings is 1. The highest BCUT2D eigenvalue weighted by Gasteiger charge is 2.18. The average Bonchev–Trinajstić information content (AvgIpc) is 2.45. The Labute approximate surface area is 123 Å². The second-order valence-electron chi connectivity index (χ2n) is 4.66. The second-order valence-corrected chi connectivity index (χ2v) is 4.66. The summed E-state index contributed by atoms with van der Waals surface area (Å²) in [5.41, 5.74) is 0.716. The normalized spacial score (nSPS) is 11.5. The van der Waals surface area contributed by atoms with Gasteiger partial charge < -0.3 is 15.7 Å². The van der Waals surface area contributed by atoms with Crippen LogP contribution in [0.15, 0.2) is 30.3 Å². The number of carbonyl (C=O) groups is 3. The number of aliphatic carboxylic acids is 1. The van der Waals surface area contributed by atoms with E-state index < -0.39 is 17.9 Å². The summed E-state index contributed by atoms with van der Waals surface area (Å²) in [7, 11) is 0. The van der Waals surface area contributed by atoms with Crippen molar-refractivity contribution >= 4 is 17.8 Å². The second kappa shape index (κ2) is 8.73. The summed E-state index contributed by atoms with van der Waals surface area (Å²) >= 11 is 0. The van der Waals surface area contributed by atoms with Gasteiger partial charge in [-0.1, -0.05) is 37.3 Å². The van der Waals surface area contributed by atoms with Crippen molar-refractivity contribution in [2.75, 3.05) is 6.54 Å². The number of carbonyl (C=O) groups excluding carboxylic acids is 2. The molecule has 1 unspecified atom stereocenters. The molecule has 6 heteroatoms. The maximum atomic E-state index is 11.8. The predicted octanol–water partition coefficient (Wildman–Crippen LogP) is 1.23. The third-order valence-electron chi connectivity index (χ3n) is 2.84. The summed E-state index contributed by atoms with van der Waals surface area (Å²) in [6.07, 6.45) is 0.863. The first-order valence-electron chi connectivity index (χ1n) is 6.85. The fraction of sp³-hybridized carbons (Fsp3) is 0.400. The number of carboxylic acids is 1. The van der Waals surface area contributed by atoms with Crippen molar-refractivity contribution in [3.05, 3.63) is 35.9 Å². The molecule has 0 fully saturated rings. The van der Waals surface area contributed by atoms with E-state index in [0.717, 1.165) is 0 Å². The van der Waals surface area contributed by atoms with Crippen molar-refractivity contribution in [1.29, 1.82) is 0 Å². The molecule has 1 atom stereocenters. The highest BCUT2D eigenvalue weighted by Crippen LogP contribution is 2.16. The van der Waals surface area contributed by atoms with E-state index in [1.165, 1.54) is 0 Å². The first-order valence-corrected chi connectivity index (χ1v) is 6.85. The zero-order valence-electron chi connectivity index (χ0n) is 12.0. The van der Waals surface area contributed by atoms with Crippen LogP contribution in [0.5, 0.6) is 0 Å². The van der Waals surface area contributed by atoms with Crippen LogP contribution in [0.1, 0.15) is 37.8 Å². The lowest BCUT2D eigenvalue weighted by molar-refractivity contribution is -0.138. The molecule has 0 radical (unpaired) electrons. The van der Waals surface area contributed by atoms with Gasteiger partial charge in [0.1, 0.15) is 0 Å². The third-order valence-corrected chi connectivity index (χ3v) is 2.84. The zero-order chi connectivity index (χ0) is 15.7. The van der Waals surface area contributed by atoms with Crippen molar-refractivity contribution in [1.82, 2.24) is 10.6 Å². The largest absolute Gasteiger partial charge is 0.481 e. The zero-order valence-corrected chi connectivity index (χ0v) is 12.0. The predicted molar refractivity (Wildman–Crippen MR) is 77.5 cm³/mol. The number of hydrogen-bond donors (Lipinski definition) is 3. The number of hydrogen-bond acceptors (Lipinski definition) is 3. The third kappa shape index (κ3) is 6.56. The molecule has 1 rings (SSSR count). The van der Waals surface area contributed by atoms with Gasteiger partial charge in [0.2, 0.25) is 11.8 Å². The number of carboxylic acid groups (broad SMARTS) is 1. The molecule has 3 N–H and O–H groups in total. The van der Waals surface area contributed by atoms with E-state index in [1.807, 2.05) is 13.0 Å². The lowest BCUT2D eigenvalue weighted by Crippen LogP contribution is -2.39. The van der Waals surface area contributed by atoms with Gasteiger partial charge in [-0.3, -0.25) is 14.4 Å². The Kier molecular flexibility index (Phi) is 6.94. The molecule has 0 bridgehead atoms.